The first-order valence-electron chi connectivity index (χ1n) is 7.25. The Morgan fingerprint density at radius 2 is 2.00 bits per heavy atom. The Kier molecular flexibility index (Phi) is 4.20. The third-order valence-corrected chi connectivity index (χ3v) is 3.39. The number of aliphatic hydroxyl groups is 1. The van der Waals surface area contributed by atoms with Crippen LogP contribution in [0.3, 0.4) is 0 Å². The molecule has 1 heterocycles. The van der Waals surface area contributed by atoms with Gasteiger partial charge in [-0.2, -0.15) is 0 Å². The zero-order valence-corrected chi connectivity index (χ0v) is 13.9. The van der Waals surface area contributed by atoms with Crippen LogP contribution in [0.5, 0.6) is 5.75 Å². The maximum absolute atomic E-state index is 12.4. The van der Waals surface area contributed by atoms with Gasteiger partial charge < -0.3 is 14.6 Å². The third kappa shape index (κ3) is 2.95. The second-order valence-corrected chi connectivity index (χ2v) is 6.41. The van der Waals surface area contributed by atoms with Gasteiger partial charge in [0.25, 0.3) is 0 Å². The quantitative estimate of drug-likeness (QED) is 0.917. The Morgan fingerprint density at radius 3 is 2.50 bits per heavy atom. The number of rotatable bonds is 2. The molecule has 0 aliphatic carbocycles. The van der Waals surface area contributed by atoms with Crippen molar-refractivity contribution >= 4 is 17.0 Å². The number of fused-ring (bicyclic) bond motifs is 1. The summed E-state index contributed by atoms with van der Waals surface area (Å²) in [5, 5.41) is 10.8. The Morgan fingerprint density at radius 1 is 1.36 bits per heavy atom. The maximum Gasteiger partial charge on any atom is 0.419 e. The van der Waals surface area contributed by atoms with E-state index in [4.69, 9.17) is 9.47 Å². The minimum atomic E-state index is -0.701. The average molecular weight is 305 g/mol. The van der Waals surface area contributed by atoms with E-state index in [0.29, 0.717) is 11.3 Å². The second-order valence-electron chi connectivity index (χ2n) is 6.41. The molecule has 0 bridgehead atoms. The Labute approximate surface area is 130 Å². The van der Waals surface area contributed by atoms with Gasteiger partial charge in [-0.15, -0.1) is 0 Å². The van der Waals surface area contributed by atoms with E-state index in [9.17, 15) is 9.90 Å². The molecule has 0 aliphatic rings. The largest absolute Gasteiger partial charge is 0.496 e. The van der Waals surface area contributed by atoms with Gasteiger partial charge in [-0.25, -0.2) is 4.79 Å². The number of hydrogen-bond donors (Lipinski definition) is 1. The number of nitrogens with zero attached hydrogens (tertiary/aromatic N) is 1. The molecule has 1 aromatic carbocycles. The van der Waals surface area contributed by atoms with E-state index >= 15 is 0 Å². The lowest BCUT2D eigenvalue weighted by atomic mass is 10.0. The SMILES string of the molecule is COc1cc(C)c2c(ccn2C(=O)OC(C)(C)C)c1C(C)O. The third-order valence-electron chi connectivity index (χ3n) is 3.39. The molecule has 0 radical (unpaired) electrons. The van der Waals surface area contributed by atoms with Crippen molar-refractivity contribution in [2.45, 2.75) is 46.3 Å². The van der Waals surface area contributed by atoms with Crippen molar-refractivity contribution in [1.29, 1.82) is 0 Å². The summed E-state index contributed by atoms with van der Waals surface area (Å²) < 4.78 is 12.3. The normalized spacial score (nSPS) is 13.2. The smallest absolute Gasteiger partial charge is 0.419 e. The number of aromatic nitrogens is 1. The summed E-state index contributed by atoms with van der Waals surface area (Å²) in [6.07, 6.45) is 0.525. The fourth-order valence-electron chi connectivity index (χ4n) is 2.59. The van der Waals surface area contributed by atoms with E-state index in [1.807, 2.05) is 33.8 Å². The first kappa shape index (κ1) is 16.4. The zero-order chi connectivity index (χ0) is 16.7. The molecule has 0 fully saturated rings. The molecule has 0 saturated heterocycles. The summed E-state index contributed by atoms with van der Waals surface area (Å²) >= 11 is 0. The predicted octanol–water partition coefficient (Wildman–Crippen LogP) is 3.79. The van der Waals surface area contributed by atoms with Crippen LogP contribution in [0.2, 0.25) is 0 Å². The summed E-state index contributed by atoms with van der Waals surface area (Å²) in [6, 6.07) is 3.63. The molecule has 0 spiro atoms. The molecule has 1 unspecified atom stereocenters. The van der Waals surface area contributed by atoms with Gasteiger partial charge in [0.15, 0.2) is 0 Å². The van der Waals surface area contributed by atoms with E-state index in [-0.39, 0.29) is 0 Å². The summed E-state index contributed by atoms with van der Waals surface area (Å²) in [5.74, 6) is 0.613. The molecular formula is C17H23NO4. The molecule has 0 amide bonds. The number of methoxy groups -OCH3 is 1. The fraction of sp³-hybridized carbons (Fsp3) is 0.471. The van der Waals surface area contributed by atoms with Crippen molar-refractivity contribution in [3.63, 3.8) is 0 Å². The van der Waals surface area contributed by atoms with Gasteiger partial charge in [-0.1, -0.05) is 0 Å². The van der Waals surface area contributed by atoms with Gasteiger partial charge in [0, 0.05) is 17.1 Å². The van der Waals surface area contributed by atoms with Crippen LogP contribution in [-0.4, -0.2) is 28.5 Å². The van der Waals surface area contributed by atoms with Gasteiger partial charge in [-0.3, -0.25) is 4.57 Å². The number of carbonyl (C=O) groups excluding carboxylic acids is 1. The van der Waals surface area contributed by atoms with Crippen molar-refractivity contribution in [3.8, 4) is 5.75 Å². The topological polar surface area (TPSA) is 60.7 Å². The van der Waals surface area contributed by atoms with Crippen molar-refractivity contribution in [2.24, 2.45) is 0 Å². The molecule has 1 atom stereocenters. The molecular weight excluding hydrogens is 282 g/mol. The maximum atomic E-state index is 12.4. The molecule has 5 heteroatoms. The number of benzene rings is 1. The molecule has 0 aliphatic heterocycles. The predicted molar refractivity (Wildman–Crippen MR) is 85.5 cm³/mol. The zero-order valence-electron chi connectivity index (χ0n) is 13.9. The number of aliphatic hydroxyl groups excluding tert-OH is 1. The summed E-state index contributed by atoms with van der Waals surface area (Å²) in [7, 11) is 1.57. The minimum absolute atomic E-state index is 0.438. The Balaban J connectivity index is 2.66. The number of ether oxygens (including phenoxy) is 2. The fourth-order valence-corrected chi connectivity index (χ4v) is 2.59. The Bertz CT molecular complexity index is 707. The summed E-state index contributed by atoms with van der Waals surface area (Å²) in [6.45, 7) is 9.06. The highest BCUT2D eigenvalue weighted by Crippen LogP contribution is 2.36. The number of hydrogen-bond acceptors (Lipinski definition) is 4. The molecule has 2 rings (SSSR count). The van der Waals surface area contributed by atoms with Crippen LogP contribution in [0.15, 0.2) is 18.3 Å². The second kappa shape index (κ2) is 5.65. The lowest BCUT2D eigenvalue weighted by molar-refractivity contribution is 0.0544. The van der Waals surface area contributed by atoms with Gasteiger partial charge in [0.1, 0.15) is 11.4 Å². The number of aryl methyl sites for hydroxylation is 1. The van der Waals surface area contributed by atoms with Gasteiger partial charge in [0.2, 0.25) is 0 Å². The molecule has 5 nitrogen and oxygen atoms in total. The van der Waals surface area contributed by atoms with Crippen molar-refractivity contribution in [2.75, 3.05) is 7.11 Å². The van der Waals surface area contributed by atoms with Crippen LogP contribution in [0.4, 0.5) is 4.79 Å². The van der Waals surface area contributed by atoms with Gasteiger partial charge >= 0.3 is 6.09 Å². The monoisotopic (exact) mass is 305 g/mol. The molecule has 120 valence electrons. The molecule has 22 heavy (non-hydrogen) atoms. The first-order valence-corrected chi connectivity index (χ1v) is 7.25. The van der Waals surface area contributed by atoms with E-state index in [1.165, 1.54) is 4.57 Å². The van der Waals surface area contributed by atoms with Crippen LogP contribution in [0.25, 0.3) is 10.9 Å². The lowest BCUT2D eigenvalue weighted by Gasteiger charge is -2.20. The first-order chi connectivity index (χ1) is 10.2. The van der Waals surface area contributed by atoms with Crippen LogP contribution in [-0.2, 0) is 4.74 Å². The van der Waals surface area contributed by atoms with Crippen molar-refractivity contribution in [3.05, 3.63) is 29.5 Å². The standard InChI is InChI=1S/C17H23NO4/c1-10-9-13(21-6)14(11(2)19)12-7-8-18(15(10)12)16(20)22-17(3,4)5/h7-9,11,19H,1-6H3. The minimum Gasteiger partial charge on any atom is -0.496 e. The summed E-state index contributed by atoms with van der Waals surface area (Å²) in [5.41, 5.74) is 1.71. The average Bonchev–Trinajstić information content (AvgIpc) is 2.80. The van der Waals surface area contributed by atoms with E-state index < -0.39 is 17.8 Å². The van der Waals surface area contributed by atoms with Crippen molar-refractivity contribution in [1.82, 2.24) is 4.57 Å². The highest BCUT2D eigenvalue weighted by Gasteiger charge is 2.23. The molecule has 0 saturated carbocycles. The van der Waals surface area contributed by atoms with E-state index in [1.54, 1.807) is 26.3 Å². The lowest BCUT2D eigenvalue weighted by Crippen LogP contribution is -2.26. The van der Waals surface area contributed by atoms with E-state index in [2.05, 4.69) is 0 Å². The summed E-state index contributed by atoms with van der Waals surface area (Å²) in [4.78, 5) is 12.4. The highest BCUT2D eigenvalue weighted by molar-refractivity contribution is 5.95. The van der Waals surface area contributed by atoms with Gasteiger partial charge in [-0.05, 0) is 52.3 Å². The van der Waals surface area contributed by atoms with Crippen LogP contribution >= 0.6 is 0 Å². The molecule has 2 aromatic rings. The van der Waals surface area contributed by atoms with Crippen LogP contribution in [0.1, 0.15) is 44.9 Å². The van der Waals surface area contributed by atoms with Crippen molar-refractivity contribution < 1.29 is 19.4 Å². The molecule has 1 N–H and O–H groups in total. The number of carbonyl (C=O) groups is 1. The highest BCUT2D eigenvalue weighted by atomic mass is 16.6. The van der Waals surface area contributed by atoms with E-state index in [0.717, 1.165) is 16.5 Å². The van der Waals surface area contributed by atoms with Gasteiger partial charge in [0.05, 0.1) is 18.7 Å². The Hall–Kier alpha value is -2.01. The van der Waals surface area contributed by atoms with Crippen LogP contribution < -0.4 is 4.74 Å². The molecule has 1 aromatic heterocycles. The van der Waals surface area contributed by atoms with Crippen LogP contribution in [0, 0.1) is 6.92 Å².